The highest BCUT2D eigenvalue weighted by atomic mass is 16.7. The SMILES string of the molecule is CC(C)Cc1ccc(COC(CCC(=O)O)Oc2ccc(-c3cc4ccccc4[nH]3)cc2)cc1. The number of nitrogens with one attached hydrogen (secondary N) is 1. The van der Waals surface area contributed by atoms with E-state index in [9.17, 15) is 4.79 Å². The first-order valence-corrected chi connectivity index (χ1v) is 11.7. The first kappa shape index (κ1) is 23.6. The summed E-state index contributed by atoms with van der Waals surface area (Å²) in [5, 5.41) is 10.3. The number of fused-ring (bicyclic) bond motifs is 1. The van der Waals surface area contributed by atoms with Gasteiger partial charge in [-0.3, -0.25) is 4.79 Å². The highest BCUT2D eigenvalue weighted by Crippen LogP contribution is 2.26. The van der Waals surface area contributed by atoms with E-state index in [-0.39, 0.29) is 12.8 Å². The summed E-state index contributed by atoms with van der Waals surface area (Å²) in [7, 11) is 0. The number of rotatable bonds is 11. The maximum Gasteiger partial charge on any atom is 0.303 e. The molecular formula is C29H31NO4. The van der Waals surface area contributed by atoms with Crippen LogP contribution in [0.25, 0.3) is 22.2 Å². The van der Waals surface area contributed by atoms with Crippen molar-refractivity contribution in [2.45, 2.75) is 46.0 Å². The lowest BCUT2D eigenvalue weighted by atomic mass is 10.0. The number of aromatic nitrogens is 1. The third kappa shape index (κ3) is 6.49. The van der Waals surface area contributed by atoms with E-state index >= 15 is 0 Å². The Hall–Kier alpha value is -3.57. The Labute approximate surface area is 200 Å². The molecule has 5 nitrogen and oxygen atoms in total. The number of H-pyrrole nitrogens is 1. The Morgan fingerprint density at radius 2 is 1.65 bits per heavy atom. The highest BCUT2D eigenvalue weighted by Gasteiger charge is 2.14. The molecule has 0 radical (unpaired) electrons. The normalized spacial score (nSPS) is 12.2. The van der Waals surface area contributed by atoms with Gasteiger partial charge in [-0.25, -0.2) is 0 Å². The van der Waals surface area contributed by atoms with E-state index in [1.54, 1.807) is 0 Å². The van der Waals surface area contributed by atoms with Crippen molar-refractivity contribution in [1.82, 2.24) is 4.98 Å². The highest BCUT2D eigenvalue weighted by molar-refractivity contribution is 5.85. The quantitative estimate of drug-likeness (QED) is 0.242. The molecule has 5 heteroatoms. The second kappa shape index (κ2) is 11.0. The van der Waals surface area contributed by atoms with Crippen LogP contribution in [-0.4, -0.2) is 22.3 Å². The van der Waals surface area contributed by atoms with Crippen molar-refractivity contribution in [3.05, 3.63) is 90.0 Å². The van der Waals surface area contributed by atoms with Crippen molar-refractivity contribution in [3.63, 3.8) is 0 Å². The molecule has 0 aliphatic heterocycles. The predicted molar refractivity (Wildman–Crippen MR) is 135 cm³/mol. The minimum atomic E-state index is -0.871. The molecule has 0 saturated carbocycles. The van der Waals surface area contributed by atoms with E-state index in [2.05, 4.69) is 61.3 Å². The van der Waals surface area contributed by atoms with Gasteiger partial charge >= 0.3 is 5.97 Å². The van der Waals surface area contributed by atoms with Crippen molar-refractivity contribution in [2.24, 2.45) is 5.92 Å². The van der Waals surface area contributed by atoms with Crippen molar-refractivity contribution in [3.8, 4) is 17.0 Å². The van der Waals surface area contributed by atoms with Crippen LogP contribution in [0.4, 0.5) is 0 Å². The monoisotopic (exact) mass is 457 g/mol. The lowest BCUT2D eigenvalue weighted by molar-refractivity contribution is -0.141. The van der Waals surface area contributed by atoms with Crippen molar-refractivity contribution < 1.29 is 19.4 Å². The van der Waals surface area contributed by atoms with Gasteiger partial charge in [0.15, 0.2) is 0 Å². The number of benzene rings is 3. The fraction of sp³-hybridized carbons (Fsp3) is 0.276. The Bertz CT molecular complexity index is 1180. The molecule has 1 aromatic heterocycles. The molecule has 4 rings (SSSR count). The Morgan fingerprint density at radius 3 is 2.32 bits per heavy atom. The molecule has 0 saturated heterocycles. The average molecular weight is 458 g/mol. The minimum absolute atomic E-state index is 0.0227. The molecule has 4 aromatic rings. The van der Waals surface area contributed by atoms with Gasteiger partial charge in [0.1, 0.15) is 5.75 Å². The van der Waals surface area contributed by atoms with Gasteiger partial charge in [-0.2, -0.15) is 0 Å². The molecule has 2 N–H and O–H groups in total. The van der Waals surface area contributed by atoms with Crippen molar-refractivity contribution in [2.75, 3.05) is 0 Å². The van der Waals surface area contributed by atoms with Gasteiger partial charge in [-0.1, -0.05) is 56.3 Å². The molecular weight excluding hydrogens is 426 g/mol. The lowest BCUT2D eigenvalue weighted by Gasteiger charge is -2.19. The van der Waals surface area contributed by atoms with Gasteiger partial charge < -0.3 is 19.6 Å². The molecule has 34 heavy (non-hydrogen) atoms. The van der Waals surface area contributed by atoms with Crippen LogP contribution in [-0.2, 0) is 22.6 Å². The number of aliphatic carboxylic acids is 1. The standard InChI is InChI=1S/C29H31NO4/c1-20(2)17-21-7-9-22(10-8-21)19-33-29(16-15-28(31)32)34-25-13-11-23(12-14-25)27-18-24-5-3-4-6-26(24)30-27/h3-14,18,20,29-30H,15-17,19H2,1-2H3,(H,31,32). The zero-order valence-electron chi connectivity index (χ0n) is 19.7. The lowest BCUT2D eigenvalue weighted by Crippen LogP contribution is -2.21. The Kier molecular flexibility index (Phi) is 7.65. The van der Waals surface area contributed by atoms with Gasteiger partial charge in [0.05, 0.1) is 13.0 Å². The summed E-state index contributed by atoms with van der Waals surface area (Å²) >= 11 is 0. The number of para-hydroxylation sites is 1. The topological polar surface area (TPSA) is 71.6 Å². The fourth-order valence-corrected chi connectivity index (χ4v) is 3.94. The number of carbonyl (C=O) groups is 1. The van der Waals surface area contributed by atoms with E-state index in [0.29, 0.717) is 18.3 Å². The van der Waals surface area contributed by atoms with Gasteiger partial charge in [0.25, 0.3) is 0 Å². The van der Waals surface area contributed by atoms with Crippen LogP contribution in [0.5, 0.6) is 5.75 Å². The summed E-state index contributed by atoms with van der Waals surface area (Å²) in [6.45, 7) is 4.77. The van der Waals surface area contributed by atoms with Crippen LogP contribution in [0.3, 0.4) is 0 Å². The number of aromatic amines is 1. The van der Waals surface area contributed by atoms with Crippen molar-refractivity contribution in [1.29, 1.82) is 0 Å². The van der Waals surface area contributed by atoms with Crippen LogP contribution in [0.15, 0.2) is 78.9 Å². The number of hydrogen-bond acceptors (Lipinski definition) is 3. The molecule has 1 atom stereocenters. The fourth-order valence-electron chi connectivity index (χ4n) is 3.94. The van der Waals surface area contributed by atoms with Crippen molar-refractivity contribution >= 4 is 16.9 Å². The summed E-state index contributed by atoms with van der Waals surface area (Å²) < 4.78 is 12.0. The van der Waals surface area contributed by atoms with Gasteiger partial charge in [0.2, 0.25) is 6.29 Å². The number of hydrogen-bond donors (Lipinski definition) is 2. The second-order valence-corrected chi connectivity index (χ2v) is 9.00. The van der Waals surface area contributed by atoms with Crippen LogP contribution in [0, 0.1) is 5.92 Å². The molecule has 0 aliphatic rings. The van der Waals surface area contributed by atoms with Crippen LogP contribution in [0.2, 0.25) is 0 Å². The van der Waals surface area contributed by atoms with E-state index < -0.39 is 12.3 Å². The van der Waals surface area contributed by atoms with E-state index in [1.807, 2.05) is 36.4 Å². The molecule has 3 aromatic carbocycles. The molecule has 1 unspecified atom stereocenters. The summed E-state index contributed by atoms with van der Waals surface area (Å²) in [6.07, 6.45) is 0.640. The third-order valence-corrected chi connectivity index (χ3v) is 5.66. The maximum absolute atomic E-state index is 11.1. The van der Waals surface area contributed by atoms with Gasteiger partial charge in [-0.05, 0) is 65.4 Å². The minimum Gasteiger partial charge on any atom is -0.481 e. The Morgan fingerprint density at radius 1 is 0.941 bits per heavy atom. The zero-order chi connectivity index (χ0) is 23.9. The molecule has 0 fully saturated rings. The zero-order valence-corrected chi connectivity index (χ0v) is 19.7. The molecule has 0 aliphatic carbocycles. The van der Waals surface area contributed by atoms with Gasteiger partial charge in [-0.15, -0.1) is 0 Å². The van der Waals surface area contributed by atoms with Crippen LogP contribution < -0.4 is 4.74 Å². The summed E-state index contributed by atoms with van der Waals surface area (Å²) in [5.41, 5.74) is 5.51. The van der Waals surface area contributed by atoms with Crippen LogP contribution in [0.1, 0.15) is 37.8 Å². The summed E-state index contributed by atoms with van der Waals surface area (Å²) in [4.78, 5) is 14.5. The first-order chi connectivity index (χ1) is 16.5. The van der Waals surface area contributed by atoms with Crippen LogP contribution >= 0.6 is 0 Å². The molecule has 176 valence electrons. The number of ether oxygens (including phenoxy) is 2. The Balaban J connectivity index is 1.40. The smallest absolute Gasteiger partial charge is 0.303 e. The van der Waals surface area contributed by atoms with Gasteiger partial charge in [0, 0.05) is 23.0 Å². The number of carboxylic acids is 1. The molecule has 0 amide bonds. The maximum atomic E-state index is 11.1. The summed E-state index contributed by atoms with van der Waals surface area (Å²) in [6, 6.07) is 26.4. The second-order valence-electron chi connectivity index (χ2n) is 9.00. The summed E-state index contributed by atoms with van der Waals surface area (Å²) in [5.74, 6) is 0.380. The largest absolute Gasteiger partial charge is 0.481 e. The first-order valence-electron chi connectivity index (χ1n) is 11.7. The molecule has 0 bridgehead atoms. The third-order valence-electron chi connectivity index (χ3n) is 5.66. The number of carboxylic acid groups (broad SMARTS) is 1. The average Bonchev–Trinajstić information content (AvgIpc) is 3.26. The molecule has 0 spiro atoms. The van der Waals surface area contributed by atoms with E-state index in [0.717, 1.165) is 34.1 Å². The van der Waals surface area contributed by atoms with E-state index in [4.69, 9.17) is 14.6 Å². The predicted octanol–water partition coefficient (Wildman–Crippen LogP) is 6.82. The molecule has 1 heterocycles. The van der Waals surface area contributed by atoms with E-state index in [1.165, 1.54) is 5.56 Å².